The SMILES string of the molecule is COC(=O)C(CCSC)NC(=O)c1ccc(CN(Cc2ccc(F)cc2F)c2ccc(C#N)cc2)cc1-c1ccccc1C. The lowest BCUT2D eigenvalue weighted by molar-refractivity contribution is -0.142. The number of methoxy groups -OCH3 is 1. The third-order valence-corrected chi connectivity index (χ3v) is 7.92. The fourth-order valence-corrected chi connectivity index (χ4v) is 5.38. The van der Waals surface area contributed by atoms with Gasteiger partial charge in [0.1, 0.15) is 17.7 Å². The lowest BCUT2D eigenvalue weighted by Gasteiger charge is -2.26. The minimum absolute atomic E-state index is 0.135. The second kappa shape index (κ2) is 15.2. The largest absolute Gasteiger partial charge is 0.467 e. The molecule has 9 heteroatoms. The Morgan fingerprint density at radius 2 is 1.73 bits per heavy atom. The molecular weight excluding hydrogens is 580 g/mol. The summed E-state index contributed by atoms with van der Waals surface area (Å²) in [5.74, 6) is -1.55. The van der Waals surface area contributed by atoms with E-state index in [2.05, 4.69) is 11.4 Å². The average molecular weight is 614 g/mol. The van der Waals surface area contributed by atoms with Gasteiger partial charge in [0, 0.05) is 36.0 Å². The Morgan fingerprint density at radius 3 is 2.39 bits per heavy atom. The normalized spacial score (nSPS) is 11.4. The summed E-state index contributed by atoms with van der Waals surface area (Å²) in [5, 5.41) is 12.1. The van der Waals surface area contributed by atoms with Crippen molar-refractivity contribution in [3.8, 4) is 17.2 Å². The number of ether oxygens (including phenoxy) is 1. The van der Waals surface area contributed by atoms with E-state index in [0.29, 0.717) is 41.0 Å². The van der Waals surface area contributed by atoms with E-state index in [1.165, 1.54) is 19.2 Å². The standard InChI is InChI=1S/C35H33F2N3O3S/c1-23-6-4-5-7-29(23)31-18-25(10-15-30(31)34(41)39-33(16-17-44-3)35(42)43-2)21-40(28-13-8-24(20-38)9-14-28)22-26-11-12-27(36)19-32(26)37/h4-15,18-19,33H,16-17,21-22H2,1-3H3,(H,39,41). The highest BCUT2D eigenvalue weighted by atomic mass is 32.2. The van der Waals surface area contributed by atoms with Gasteiger partial charge in [-0.05, 0) is 90.1 Å². The van der Waals surface area contributed by atoms with E-state index in [1.54, 1.807) is 42.1 Å². The van der Waals surface area contributed by atoms with Gasteiger partial charge in [0.25, 0.3) is 5.91 Å². The highest BCUT2D eigenvalue weighted by Gasteiger charge is 2.24. The van der Waals surface area contributed by atoms with Gasteiger partial charge >= 0.3 is 5.97 Å². The number of carbonyl (C=O) groups is 2. The van der Waals surface area contributed by atoms with Crippen molar-refractivity contribution in [2.45, 2.75) is 32.5 Å². The molecule has 6 nitrogen and oxygen atoms in total. The van der Waals surface area contributed by atoms with Gasteiger partial charge in [-0.3, -0.25) is 4.79 Å². The van der Waals surface area contributed by atoms with Gasteiger partial charge < -0.3 is 15.0 Å². The number of thioether (sulfide) groups is 1. The molecule has 0 fully saturated rings. The van der Waals surface area contributed by atoms with Crippen molar-refractivity contribution in [1.29, 1.82) is 5.26 Å². The number of hydrogen-bond acceptors (Lipinski definition) is 6. The highest BCUT2D eigenvalue weighted by molar-refractivity contribution is 7.98. The number of rotatable bonds is 12. The van der Waals surface area contributed by atoms with Crippen LogP contribution in [-0.2, 0) is 22.6 Å². The fourth-order valence-electron chi connectivity index (χ4n) is 4.91. The summed E-state index contributed by atoms with van der Waals surface area (Å²) in [7, 11) is 1.30. The Morgan fingerprint density at radius 1 is 0.977 bits per heavy atom. The molecule has 4 aromatic carbocycles. The van der Waals surface area contributed by atoms with Crippen molar-refractivity contribution in [2.75, 3.05) is 24.0 Å². The van der Waals surface area contributed by atoms with Crippen LogP contribution in [0.3, 0.4) is 0 Å². The van der Waals surface area contributed by atoms with Crippen LogP contribution in [0.25, 0.3) is 11.1 Å². The number of amides is 1. The molecule has 44 heavy (non-hydrogen) atoms. The molecule has 0 bridgehead atoms. The zero-order valence-corrected chi connectivity index (χ0v) is 25.6. The van der Waals surface area contributed by atoms with Gasteiger partial charge in [-0.25, -0.2) is 13.6 Å². The summed E-state index contributed by atoms with van der Waals surface area (Å²) >= 11 is 1.57. The molecule has 4 aromatic rings. The van der Waals surface area contributed by atoms with Gasteiger partial charge in [0.05, 0.1) is 18.7 Å². The van der Waals surface area contributed by atoms with Crippen LogP contribution in [0.1, 0.15) is 39.0 Å². The smallest absolute Gasteiger partial charge is 0.328 e. The minimum atomic E-state index is -0.790. The number of nitriles is 1. The zero-order valence-electron chi connectivity index (χ0n) is 24.8. The Kier molecular flexibility index (Phi) is 11.1. The fraction of sp³-hybridized carbons (Fsp3) is 0.229. The van der Waals surface area contributed by atoms with E-state index in [9.17, 15) is 23.6 Å². The lowest BCUT2D eigenvalue weighted by atomic mass is 9.93. The number of nitrogens with one attached hydrogen (secondary N) is 1. The van der Waals surface area contributed by atoms with E-state index >= 15 is 0 Å². The second-order valence-corrected chi connectivity index (χ2v) is 11.3. The Labute approximate surface area is 260 Å². The Hall–Kier alpha value is -4.68. The molecule has 0 radical (unpaired) electrons. The summed E-state index contributed by atoms with van der Waals surface area (Å²) < 4.78 is 33.3. The van der Waals surface area contributed by atoms with Crippen LogP contribution in [0.15, 0.2) is 84.9 Å². The first kappa shape index (κ1) is 32.2. The maximum atomic E-state index is 14.7. The molecule has 0 saturated carbocycles. The first-order valence-electron chi connectivity index (χ1n) is 14.0. The van der Waals surface area contributed by atoms with Crippen molar-refractivity contribution in [1.82, 2.24) is 5.32 Å². The van der Waals surface area contributed by atoms with Crippen molar-refractivity contribution in [3.05, 3.63) is 124 Å². The van der Waals surface area contributed by atoms with Gasteiger partial charge in [-0.1, -0.05) is 36.4 Å². The van der Waals surface area contributed by atoms with Crippen LogP contribution in [-0.4, -0.2) is 37.0 Å². The van der Waals surface area contributed by atoms with Crippen molar-refractivity contribution >= 4 is 29.3 Å². The molecule has 0 aliphatic rings. The van der Waals surface area contributed by atoms with Crippen LogP contribution in [0.5, 0.6) is 0 Å². The van der Waals surface area contributed by atoms with Crippen LogP contribution < -0.4 is 10.2 Å². The lowest BCUT2D eigenvalue weighted by Crippen LogP contribution is -2.42. The van der Waals surface area contributed by atoms with Gasteiger partial charge in [-0.15, -0.1) is 0 Å². The maximum Gasteiger partial charge on any atom is 0.328 e. The maximum absolute atomic E-state index is 14.7. The molecule has 1 atom stereocenters. The first-order valence-corrected chi connectivity index (χ1v) is 15.4. The number of carbonyl (C=O) groups excluding carboxylic acids is 2. The predicted octanol–water partition coefficient (Wildman–Crippen LogP) is 7.04. The summed E-state index contributed by atoms with van der Waals surface area (Å²) in [6.07, 6.45) is 2.35. The number of hydrogen-bond donors (Lipinski definition) is 1. The van der Waals surface area contributed by atoms with Crippen molar-refractivity contribution < 1.29 is 23.1 Å². The number of esters is 1. The predicted molar refractivity (Wildman–Crippen MR) is 170 cm³/mol. The minimum Gasteiger partial charge on any atom is -0.467 e. The number of aryl methyl sites for hydroxylation is 1. The van der Waals surface area contributed by atoms with Gasteiger partial charge in [0.2, 0.25) is 0 Å². The van der Waals surface area contributed by atoms with Crippen molar-refractivity contribution in [2.24, 2.45) is 0 Å². The van der Waals surface area contributed by atoms with Crippen molar-refractivity contribution in [3.63, 3.8) is 0 Å². The van der Waals surface area contributed by atoms with Gasteiger partial charge in [0.15, 0.2) is 0 Å². The third-order valence-electron chi connectivity index (χ3n) is 7.28. The molecule has 0 heterocycles. The molecule has 1 N–H and O–H groups in total. The quantitative estimate of drug-likeness (QED) is 0.173. The number of nitrogens with zero attached hydrogens (tertiary/aromatic N) is 2. The Bertz CT molecular complexity index is 1670. The van der Waals surface area contributed by atoms with Crippen LogP contribution >= 0.6 is 11.8 Å². The topological polar surface area (TPSA) is 82.4 Å². The van der Waals surface area contributed by atoms with E-state index < -0.39 is 29.6 Å². The zero-order chi connectivity index (χ0) is 31.6. The molecule has 1 amide bonds. The summed E-state index contributed by atoms with van der Waals surface area (Å²) in [5.41, 5.74) is 5.26. The van der Waals surface area contributed by atoms with Crippen LogP contribution in [0, 0.1) is 29.9 Å². The number of halogens is 2. The average Bonchev–Trinajstić information content (AvgIpc) is 3.03. The summed E-state index contributed by atoms with van der Waals surface area (Å²) in [4.78, 5) is 28.0. The Balaban J connectivity index is 1.74. The molecule has 1 unspecified atom stereocenters. The molecular formula is C35H33F2N3O3S. The van der Waals surface area contributed by atoms with Crippen LogP contribution in [0.2, 0.25) is 0 Å². The molecule has 0 spiro atoms. The second-order valence-electron chi connectivity index (χ2n) is 10.3. The van der Waals surface area contributed by atoms with Gasteiger partial charge in [-0.2, -0.15) is 17.0 Å². The number of benzene rings is 4. The molecule has 4 rings (SSSR count). The van der Waals surface area contributed by atoms with E-state index in [4.69, 9.17) is 4.74 Å². The highest BCUT2D eigenvalue weighted by Crippen LogP contribution is 2.30. The molecule has 0 aliphatic heterocycles. The molecule has 226 valence electrons. The monoisotopic (exact) mass is 613 g/mol. The first-order chi connectivity index (χ1) is 21.2. The molecule has 0 aliphatic carbocycles. The summed E-state index contributed by atoms with van der Waals surface area (Å²) in [6.45, 7) is 2.41. The third kappa shape index (κ3) is 8.03. The number of anilines is 1. The van der Waals surface area contributed by atoms with E-state index in [0.717, 1.165) is 28.4 Å². The summed E-state index contributed by atoms with van der Waals surface area (Å²) in [6, 6.07) is 24.9. The molecule has 0 aromatic heterocycles. The molecule has 0 saturated heterocycles. The van der Waals surface area contributed by atoms with Crippen LogP contribution in [0.4, 0.5) is 14.5 Å². The van der Waals surface area contributed by atoms with E-state index in [-0.39, 0.29) is 6.54 Å². The van der Waals surface area contributed by atoms with E-state index in [1.807, 2.05) is 54.5 Å².